The molecule has 0 atom stereocenters. The number of rotatable bonds is 4. The van der Waals surface area contributed by atoms with Crippen molar-refractivity contribution in [2.45, 2.75) is 25.9 Å². The Kier molecular flexibility index (Phi) is 5.18. The lowest BCUT2D eigenvalue weighted by molar-refractivity contribution is -0.123. The third-order valence-electron chi connectivity index (χ3n) is 3.84. The monoisotopic (exact) mass is 418 g/mol. The number of carbonyl (C=O) groups excluding carboxylic acids is 2. The predicted molar refractivity (Wildman–Crippen MR) is 100 cm³/mol. The minimum absolute atomic E-state index is 0.235. The fourth-order valence-electron chi connectivity index (χ4n) is 2.68. The molecule has 0 aromatic heterocycles. The molecule has 2 aromatic carbocycles. The zero-order valence-electron chi connectivity index (χ0n) is 14.5. The molecule has 136 valence electrons. The maximum absolute atomic E-state index is 12.0. The fraction of sp³-hybridized carbons (Fsp3) is 0.263. The molecule has 7 heteroatoms. The van der Waals surface area contributed by atoms with E-state index in [-0.39, 0.29) is 12.2 Å². The van der Waals surface area contributed by atoms with E-state index in [1.54, 1.807) is 30.3 Å². The van der Waals surface area contributed by atoms with E-state index in [1.165, 1.54) is 0 Å². The maximum atomic E-state index is 12.0. The number of ether oxygens (including phenoxy) is 2. The van der Waals surface area contributed by atoms with Crippen molar-refractivity contribution in [2.24, 2.45) is 0 Å². The first-order valence-corrected chi connectivity index (χ1v) is 8.92. The summed E-state index contributed by atoms with van der Waals surface area (Å²) in [6.45, 7) is 3.77. The lowest BCUT2D eigenvalue weighted by atomic mass is 10.0. The maximum Gasteiger partial charge on any atom is 0.276 e. The number of carbonyl (C=O) groups is 2. The summed E-state index contributed by atoms with van der Waals surface area (Å²) in [7, 11) is 0. The van der Waals surface area contributed by atoms with Crippen LogP contribution < -0.4 is 20.3 Å². The predicted octanol–water partition coefficient (Wildman–Crippen LogP) is 3.00. The summed E-state index contributed by atoms with van der Waals surface area (Å²) in [4.78, 5) is 23.9. The molecule has 0 bridgehead atoms. The van der Waals surface area contributed by atoms with Gasteiger partial charge in [-0.05, 0) is 44.2 Å². The van der Waals surface area contributed by atoms with E-state index < -0.39 is 11.8 Å². The molecule has 0 saturated heterocycles. The molecule has 1 aliphatic rings. The lowest BCUT2D eigenvalue weighted by Gasteiger charge is -2.18. The highest BCUT2D eigenvalue weighted by atomic mass is 79.9. The topological polar surface area (TPSA) is 76.7 Å². The van der Waals surface area contributed by atoms with Crippen LogP contribution in [0.2, 0.25) is 0 Å². The lowest BCUT2D eigenvalue weighted by Crippen LogP contribution is -2.43. The number of hydrogen-bond acceptors (Lipinski definition) is 4. The molecule has 26 heavy (non-hydrogen) atoms. The number of para-hydroxylation sites is 1. The van der Waals surface area contributed by atoms with Gasteiger partial charge in [-0.3, -0.25) is 20.4 Å². The summed E-state index contributed by atoms with van der Waals surface area (Å²) in [5.74, 6) is 0.313. The smallest absolute Gasteiger partial charge is 0.276 e. The van der Waals surface area contributed by atoms with E-state index in [9.17, 15) is 9.59 Å². The van der Waals surface area contributed by atoms with Gasteiger partial charge < -0.3 is 9.47 Å². The van der Waals surface area contributed by atoms with Crippen LogP contribution in [0.1, 0.15) is 29.8 Å². The Bertz CT molecular complexity index is 834. The second kappa shape index (κ2) is 7.37. The molecule has 1 aliphatic heterocycles. The van der Waals surface area contributed by atoms with Gasteiger partial charge in [0.15, 0.2) is 18.1 Å². The summed E-state index contributed by atoms with van der Waals surface area (Å²) in [6.07, 6.45) is 0.787. The van der Waals surface area contributed by atoms with Gasteiger partial charge in [-0.15, -0.1) is 0 Å². The van der Waals surface area contributed by atoms with Crippen LogP contribution in [0.25, 0.3) is 0 Å². The molecule has 2 N–H and O–H groups in total. The molecule has 0 spiro atoms. The molecular formula is C19H19BrN2O4. The number of amides is 2. The van der Waals surface area contributed by atoms with Crippen LogP contribution in [-0.4, -0.2) is 24.0 Å². The fourth-order valence-corrected chi connectivity index (χ4v) is 2.94. The molecule has 0 fully saturated rings. The number of hydrazine groups is 1. The van der Waals surface area contributed by atoms with Crippen molar-refractivity contribution >= 4 is 27.7 Å². The van der Waals surface area contributed by atoms with E-state index in [2.05, 4.69) is 26.8 Å². The standard InChI is InChI=1S/C19H19BrN2O4/c1-19(2)10-13-4-3-5-15(17(13)26-19)25-11-16(23)21-22-18(24)12-6-8-14(20)9-7-12/h3-9H,10-11H2,1-2H3,(H,21,23)(H,22,24). The Morgan fingerprint density at radius 3 is 2.62 bits per heavy atom. The third kappa shape index (κ3) is 4.35. The van der Waals surface area contributed by atoms with Gasteiger partial charge in [0, 0.05) is 22.0 Å². The molecule has 1 heterocycles. The van der Waals surface area contributed by atoms with Crippen LogP contribution in [0.3, 0.4) is 0 Å². The van der Waals surface area contributed by atoms with E-state index >= 15 is 0 Å². The minimum atomic E-state index is -0.467. The van der Waals surface area contributed by atoms with Gasteiger partial charge in [-0.2, -0.15) is 0 Å². The Hall–Kier alpha value is -2.54. The SMILES string of the molecule is CC1(C)Cc2cccc(OCC(=O)NNC(=O)c3ccc(Br)cc3)c2O1. The van der Waals surface area contributed by atoms with Gasteiger partial charge >= 0.3 is 0 Å². The van der Waals surface area contributed by atoms with Crippen LogP contribution in [0.4, 0.5) is 0 Å². The molecule has 3 rings (SSSR count). The van der Waals surface area contributed by atoms with Crippen molar-refractivity contribution in [3.8, 4) is 11.5 Å². The minimum Gasteiger partial charge on any atom is -0.483 e. The quantitative estimate of drug-likeness (QED) is 0.748. The summed E-state index contributed by atoms with van der Waals surface area (Å²) < 4.78 is 12.3. The van der Waals surface area contributed by atoms with E-state index in [0.29, 0.717) is 17.1 Å². The van der Waals surface area contributed by atoms with Gasteiger partial charge in [0.1, 0.15) is 5.60 Å². The Morgan fingerprint density at radius 1 is 1.15 bits per heavy atom. The Balaban J connectivity index is 1.52. The van der Waals surface area contributed by atoms with Crippen LogP contribution in [0, 0.1) is 0 Å². The van der Waals surface area contributed by atoms with Crippen molar-refractivity contribution in [1.82, 2.24) is 10.9 Å². The molecule has 2 aromatic rings. The molecular weight excluding hydrogens is 400 g/mol. The normalized spacial score (nSPS) is 14.1. The third-order valence-corrected chi connectivity index (χ3v) is 4.36. The summed E-state index contributed by atoms with van der Waals surface area (Å²) in [6, 6.07) is 12.4. The van der Waals surface area contributed by atoms with Crippen molar-refractivity contribution in [2.75, 3.05) is 6.61 Å². The Labute approximate surface area is 160 Å². The molecule has 0 radical (unpaired) electrons. The van der Waals surface area contributed by atoms with Crippen LogP contribution in [0.5, 0.6) is 11.5 Å². The van der Waals surface area contributed by atoms with Gasteiger partial charge in [0.2, 0.25) is 0 Å². The van der Waals surface area contributed by atoms with E-state index in [4.69, 9.17) is 9.47 Å². The second-order valence-electron chi connectivity index (χ2n) is 6.58. The Morgan fingerprint density at radius 2 is 1.88 bits per heavy atom. The van der Waals surface area contributed by atoms with Gasteiger partial charge in [0.25, 0.3) is 11.8 Å². The highest BCUT2D eigenvalue weighted by molar-refractivity contribution is 9.10. The second-order valence-corrected chi connectivity index (χ2v) is 7.50. The number of halogens is 1. The highest BCUT2D eigenvalue weighted by Gasteiger charge is 2.32. The average molecular weight is 419 g/mol. The molecule has 0 saturated carbocycles. The van der Waals surface area contributed by atoms with Crippen molar-refractivity contribution in [1.29, 1.82) is 0 Å². The van der Waals surface area contributed by atoms with Gasteiger partial charge in [-0.1, -0.05) is 28.1 Å². The number of fused-ring (bicyclic) bond motifs is 1. The largest absolute Gasteiger partial charge is 0.483 e. The zero-order valence-corrected chi connectivity index (χ0v) is 16.1. The van der Waals surface area contributed by atoms with Gasteiger partial charge in [0.05, 0.1) is 0 Å². The first-order chi connectivity index (χ1) is 12.3. The van der Waals surface area contributed by atoms with Crippen LogP contribution in [0.15, 0.2) is 46.9 Å². The molecule has 2 amide bonds. The van der Waals surface area contributed by atoms with Gasteiger partial charge in [-0.25, -0.2) is 0 Å². The molecule has 0 unspecified atom stereocenters. The molecule has 0 aliphatic carbocycles. The number of benzene rings is 2. The first-order valence-electron chi connectivity index (χ1n) is 8.12. The van der Waals surface area contributed by atoms with Crippen molar-refractivity contribution in [3.63, 3.8) is 0 Å². The van der Waals surface area contributed by atoms with Crippen LogP contribution >= 0.6 is 15.9 Å². The highest BCUT2D eigenvalue weighted by Crippen LogP contribution is 2.41. The summed E-state index contributed by atoms with van der Waals surface area (Å²) in [5, 5.41) is 0. The number of hydrogen-bond donors (Lipinski definition) is 2. The zero-order chi connectivity index (χ0) is 18.7. The van der Waals surface area contributed by atoms with Crippen molar-refractivity contribution in [3.05, 3.63) is 58.1 Å². The first kappa shape index (κ1) is 18.3. The summed E-state index contributed by atoms with van der Waals surface area (Å²) >= 11 is 3.30. The number of nitrogens with one attached hydrogen (secondary N) is 2. The van der Waals surface area contributed by atoms with E-state index in [1.807, 2.05) is 26.0 Å². The molecule has 6 nitrogen and oxygen atoms in total. The van der Waals surface area contributed by atoms with Crippen molar-refractivity contribution < 1.29 is 19.1 Å². The summed E-state index contributed by atoms with van der Waals surface area (Å²) in [5.41, 5.74) is 5.89. The van der Waals surface area contributed by atoms with Crippen LogP contribution in [-0.2, 0) is 11.2 Å². The average Bonchev–Trinajstić information content (AvgIpc) is 2.92. The van der Waals surface area contributed by atoms with E-state index in [0.717, 1.165) is 16.5 Å².